The lowest BCUT2D eigenvalue weighted by Crippen LogP contribution is -2.28. The quantitative estimate of drug-likeness (QED) is 0.824. The van der Waals surface area contributed by atoms with Crippen LogP contribution in [0.4, 0.5) is 0 Å². The second-order valence-electron chi connectivity index (χ2n) is 5.87. The van der Waals surface area contributed by atoms with Crippen LogP contribution in [0.5, 0.6) is 0 Å². The van der Waals surface area contributed by atoms with Crippen LogP contribution < -0.4 is 5.32 Å². The Morgan fingerprint density at radius 3 is 3.10 bits per heavy atom. The molecule has 0 bridgehead atoms. The highest BCUT2D eigenvalue weighted by Crippen LogP contribution is 2.36. The van der Waals surface area contributed by atoms with E-state index >= 15 is 0 Å². The van der Waals surface area contributed by atoms with E-state index in [1.807, 2.05) is 12.1 Å². The van der Waals surface area contributed by atoms with Crippen LogP contribution >= 0.6 is 11.6 Å². The predicted octanol–water partition coefficient (Wildman–Crippen LogP) is 2.79. The molecule has 2 fully saturated rings. The molecule has 2 atom stereocenters. The van der Waals surface area contributed by atoms with E-state index in [1.165, 1.54) is 5.56 Å². The second kappa shape index (κ2) is 4.68. The van der Waals surface area contributed by atoms with Crippen molar-refractivity contribution in [1.29, 1.82) is 0 Å². The van der Waals surface area contributed by atoms with Gasteiger partial charge in [0, 0.05) is 17.5 Å². The standard InChI is InChI=1S/C16H16ClN3O/c1-9-4-5-12-10(7-9)8-11(14(17)18-12)15-19-16(21)13-3-2-6-20(13)15/h4-5,7-8,13,15H,2-3,6H2,1H3,(H,19,21)/t13-,15+/m0/s1. The van der Waals surface area contributed by atoms with Crippen molar-refractivity contribution in [3.63, 3.8) is 0 Å². The van der Waals surface area contributed by atoms with Gasteiger partial charge in [-0.1, -0.05) is 23.2 Å². The molecule has 4 rings (SSSR count). The van der Waals surface area contributed by atoms with Crippen molar-refractivity contribution in [2.45, 2.75) is 32.0 Å². The summed E-state index contributed by atoms with van der Waals surface area (Å²) in [6.07, 6.45) is 1.85. The van der Waals surface area contributed by atoms with Gasteiger partial charge in [0.15, 0.2) is 0 Å². The van der Waals surface area contributed by atoms with Gasteiger partial charge >= 0.3 is 0 Å². The molecule has 0 radical (unpaired) electrons. The van der Waals surface area contributed by atoms with Gasteiger partial charge < -0.3 is 5.32 Å². The smallest absolute Gasteiger partial charge is 0.238 e. The summed E-state index contributed by atoms with van der Waals surface area (Å²) in [4.78, 5) is 18.7. The SMILES string of the molecule is Cc1ccc2nc(Cl)c([C@@H]3NC(=O)[C@@H]4CCCN43)cc2c1. The fourth-order valence-electron chi connectivity index (χ4n) is 3.43. The van der Waals surface area contributed by atoms with Crippen molar-refractivity contribution in [3.8, 4) is 0 Å². The number of hydrogen-bond acceptors (Lipinski definition) is 3. The minimum absolute atomic E-state index is 0.000673. The number of aryl methyl sites for hydroxylation is 1. The zero-order valence-electron chi connectivity index (χ0n) is 11.8. The van der Waals surface area contributed by atoms with Gasteiger partial charge in [-0.2, -0.15) is 0 Å². The average Bonchev–Trinajstić information content (AvgIpc) is 3.03. The lowest BCUT2D eigenvalue weighted by molar-refractivity contribution is -0.121. The minimum atomic E-state index is -0.144. The Kier molecular flexibility index (Phi) is 2.91. The lowest BCUT2D eigenvalue weighted by Gasteiger charge is -2.23. The highest BCUT2D eigenvalue weighted by molar-refractivity contribution is 6.30. The molecule has 2 aliphatic rings. The highest BCUT2D eigenvalue weighted by atomic mass is 35.5. The molecule has 2 saturated heterocycles. The van der Waals surface area contributed by atoms with E-state index in [0.29, 0.717) is 5.15 Å². The van der Waals surface area contributed by atoms with Crippen molar-refractivity contribution >= 4 is 28.4 Å². The molecule has 1 aromatic carbocycles. The van der Waals surface area contributed by atoms with Gasteiger partial charge in [-0.3, -0.25) is 9.69 Å². The number of benzene rings is 1. The Bertz CT molecular complexity index is 746. The summed E-state index contributed by atoms with van der Waals surface area (Å²) in [5.74, 6) is 0.109. The van der Waals surface area contributed by atoms with Crippen LogP contribution in [0.15, 0.2) is 24.3 Å². The molecular weight excluding hydrogens is 286 g/mol. The van der Waals surface area contributed by atoms with Gasteiger partial charge in [0.05, 0.1) is 11.6 Å². The third-order valence-electron chi connectivity index (χ3n) is 4.45. The highest BCUT2D eigenvalue weighted by Gasteiger charge is 2.43. The van der Waals surface area contributed by atoms with Crippen molar-refractivity contribution in [2.24, 2.45) is 0 Å². The maximum absolute atomic E-state index is 12.1. The number of nitrogens with one attached hydrogen (secondary N) is 1. The number of amides is 1. The number of fused-ring (bicyclic) bond motifs is 2. The normalized spacial score (nSPS) is 25.3. The Labute approximate surface area is 128 Å². The molecule has 0 saturated carbocycles. The number of pyridine rings is 1. The first-order valence-electron chi connectivity index (χ1n) is 7.26. The Balaban J connectivity index is 1.82. The van der Waals surface area contributed by atoms with Crippen LogP contribution in [0.1, 0.15) is 30.1 Å². The molecule has 2 aliphatic heterocycles. The largest absolute Gasteiger partial charge is 0.335 e. The van der Waals surface area contributed by atoms with Gasteiger partial charge in [0.2, 0.25) is 5.91 Å². The molecule has 0 aliphatic carbocycles. The molecule has 108 valence electrons. The van der Waals surface area contributed by atoms with Gasteiger partial charge in [-0.15, -0.1) is 0 Å². The maximum Gasteiger partial charge on any atom is 0.238 e. The third-order valence-corrected chi connectivity index (χ3v) is 4.76. The number of halogens is 1. The first-order chi connectivity index (χ1) is 10.1. The molecule has 1 aromatic heterocycles. The Morgan fingerprint density at radius 2 is 2.24 bits per heavy atom. The summed E-state index contributed by atoms with van der Waals surface area (Å²) in [6.45, 7) is 2.98. The number of carbonyl (C=O) groups excluding carboxylic acids is 1. The zero-order chi connectivity index (χ0) is 14.6. The van der Waals surface area contributed by atoms with Crippen molar-refractivity contribution in [1.82, 2.24) is 15.2 Å². The molecular formula is C16H16ClN3O. The summed E-state index contributed by atoms with van der Waals surface area (Å²) in [5.41, 5.74) is 2.97. The second-order valence-corrected chi connectivity index (χ2v) is 6.23. The monoisotopic (exact) mass is 301 g/mol. The summed E-state index contributed by atoms with van der Waals surface area (Å²) in [7, 11) is 0. The molecule has 1 amide bonds. The molecule has 0 spiro atoms. The molecule has 4 nitrogen and oxygen atoms in total. The number of hydrogen-bond donors (Lipinski definition) is 1. The minimum Gasteiger partial charge on any atom is -0.335 e. The number of aromatic nitrogens is 1. The summed E-state index contributed by atoms with van der Waals surface area (Å²) < 4.78 is 0. The van der Waals surface area contributed by atoms with Crippen molar-refractivity contribution < 1.29 is 4.79 Å². The van der Waals surface area contributed by atoms with E-state index < -0.39 is 0 Å². The molecule has 5 heteroatoms. The van der Waals surface area contributed by atoms with Gasteiger partial charge in [0.25, 0.3) is 0 Å². The first-order valence-corrected chi connectivity index (χ1v) is 7.64. The van der Waals surface area contributed by atoms with Crippen LogP contribution in [0, 0.1) is 6.92 Å². The van der Waals surface area contributed by atoms with Crippen molar-refractivity contribution in [3.05, 3.63) is 40.5 Å². The van der Waals surface area contributed by atoms with Crippen molar-refractivity contribution in [2.75, 3.05) is 6.54 Å². The van der Waals surface area contributed by atoms with Gasteiger partial charge in [0.1, 0.15) is 11.3 Å². The van der Waals surface area contributed by atoms with Crippen LogP contribution in [-0.4, -0.2) is 28.4 Å². The first kappa shape index (κ1) is 13.0. The van der Waals surface area contributed by atoms with Gasteiger partial charge in [-0.25, -0.2) is 4.98 Å². The maximum atomic E-state index is 12.1. The summed E-state index contributed by atoms with van der Waals surface area (Å²) in [6, 6.07) is 8.16. The Morgan fingerprint density at radius 1 is 1.38 bits per heavy atom. The predicted molar refractivity (Wildman–Crippen MR) is 82.1 cm³/mol. The fraction of sp³-hybridized carbons (Fsp3) is 0.375. The van der Waals surface area contributed by atoms with Gasteiger partial charge in [-0.05, 0) is 38.0 Å². The number of carbonyl (C=O) groups is 1. The summed E-state index contributed by atoms with van der Waals surface area (Å²) >= 11 is 6.37. The molecule has 2 aromatic rings. The molecule has 1 N–H and O–H groups in total. The number of rotatable bonds is 1. The van der Waals surface area contributed by atoms with E-state index in [9.17, 15) is 4.79 Å². The molecule has 21 heavy (non-hydrogen) atoms. The Hall–Kier alpha value is -1.65. The average molecular weight is 302 g/mol. The molecule has 0 unspecified atom stereocenters. The fourth-order valence-corrected chi connectivity index (χ4v) is 3.68. The van der Waals surface area contributed by atoms with Crippen LogP contribution in [0.2, 0.25) is 5.15 Å². The summed E-state index contributed by atoms with van der Waals surface area (Å²) in [5, 5.41) is 4.59. The van der Waals surface area contributed by atoms with E-state index in [1.54, 1.807) is 0 Å². The third kappa shape index (κ3) is 2.01. The van der Waals surface area contributed by atoms with E-state index in [4.69, 9.17) is 11.6 Å². The zero-order valence-corrected chi connectivity index (χ0v) is 12.5. The lowest BCUT2D eigenvalue weighted by atomic mass is 10.1. The van der Waals surface area contributed by atoms with E-state index in [-0.39, 0.29) is 18.1 Å². The van der Waals surface area contributed by atoms with E-state index in [2.05, 4.69) is 34.3 Å². The van der Waals surface area contributed by atoms with E-state index in [0.717, 1.165) is 35.9 Å². The van der Waals surface area contributed by atoms with Crippen LogP contribution in [0.25, 0.3) is 10.9 Å². The number of nitrogens with zero attached hydrogens (tertiary/aromatic N) is 2. The molecule has 3 heterocycles. The van der Waals surface area contributed by atoms with Crippen LogP contribution in [0.3, 0.4) is 0 Å². The van der Waals surface area contributed by atoms with Crippen LogP contribution in [-0.2, 0) is 4.79 Å². The topological polar surface area (TPSA) is 45.2 Å².